The van der Waals surface area contributed by atoms with Gasteiger partial charge < -0.3 is 4.74 Å². The summed E-state index contributed by atoms with van der Waals surface area (Å²) < 4.78 is 5.21. The highest BCUT2D eigenvalue weighted by Gasteiger charge is 1.93. The van der Waals surface area contributed by atoms with Crippen molar-refractivity contribution in [3.63, 3.8) is 0 Å². The van der Waals surface area contributed by atoms with Gasteiger partial charge in [-0.2, -0.15) is 0 Å². The molecule has 0 unspecified atom stereocenters. The highest BCUT2D eigenvalue weighted by atomic mass is 16.5. The minimum atomic E-state index is 0.676. The summed E-state index contributed by atoms with van der Waals surface area (Å²) in [5, 5.41) is 0. The molecule has 1 rings (SSSR count). The molecule has 0 aliphatic rings. The first-order valence-corrected chi connectivity index (χ1v) is 4.36. The maximum Gasteiger partial charge on any atom is 0.165 e. The predicted molar refractivity (Wildman–Crippen MR) is 53.9 cm³/mol. The molecule has 0 saturated heterocycles. The lowest BCUT2D eigenvalue weighted by Crippen LogP contribution is -1.94. The van der Waals surface area contributed by atoms with Crippen LogP contribution < -0.4 is 0 Å². The maximum atomic E-state index is 5.21. The molecule has 0 atom stereocenters. The SMILES string of the molecule is CCO[C](C)C#Cc1ccccc1. The van der Waals surface area contributed by atoms with Gasteiger partial charge in [-0.15, -0.1) is 0 Å². The highest BCUT2D eigenvalue weighted by molar-refractivity contribution is 5.36. The van der Waals surface area contributed by atoms with E-state index >= 15 is 0 Å². The van der Waals surface area contributed by atoms with E-state index in [-0.39, 0.29) is 0 Å². The smallest absolute Gasteiger partial charge is 0.165 e. The van der Waals surface area contributed by atoms with Crippen molar-refractivity contribution in [1.29, 1.82) is 0 Å². The van der Waals surface area contributed by atoms with Crippen molar-refractivity contribution in [1.82, 2.24) is 0 Å². The van der Waals surface area contributed by atoms with E-state index in [0.29, 0.717) is 6.61 Å². The van der Waals surface area contributed by atoms with Gasteiger partial charge in [0.2, 0.25) is 0 Å². The molecule has 13 heavy (non-hydrogen) atoms. The molecule has 0 bridgehead atoms. The van der Waals surface area contributed by atoms with Crippen molar-refractivity contribution in [3.05, 3.63) is 42.0 Å². The van der Waals surface area contributed by atoms with Gasteiger partial charge in [0.15, 0.2) is 6.10 Å². The Labute approximate surface area is 79.7 Å². The average Bonchev–Trinajstić information content (AvgIpc) is 2.17. The Morgan fingerprint density at radius 1 is 1.31 bits per heavy atom. The van der Waals surface area contributed by atoms with Crippen LogP contribution in [0.15, 0.2) is 30.3 Å². The van der Waals surface area contributed by atoms with Crippen molar-refractivity contribution < 1.29 is 4.74 Å². The summed E-state index contributed by atoms with van der Waals surface area (Å²) >= 11 is 0. The molecule has 67 valence electrons. The van der Waals surface area contributed by atoms with Gasteiger partial charge in [0.25, 0.3) is 0 Å². The molecule has 0 N–H and O–H groups in total. The third kappa shape index (κ3) is 3.78. The van der Waals surface area contributed by atoms with Crippen LogP contribution in [0.4, 0.5) is 0 Å². The number of ether oxygens (including phenoxy) is 1. The summed E-state index contributed by atoms with van der Waals surface area (Å²) in [6, 6.07) is 9.88. The Bertz CT molecular complexity index is 292. The Morgan fingerprint density at radius 2 is 2.00 bits per heavy atom. The third-order valence-electron chi connectivity index (χ3n) is 1.52. The number of rotatable bonds is 2. The molecule has 0 amide bonds. The third-order valence-corrected chi connectivity index (χ3v) is 1.52. The van der Waals surface area contributed by atoms with Crippen LogP contribution in [0.3, 0.4) is 0 Å². The summed E-state index contributed by atoms with van der Waals surface area (Å²) in [5.41, 5.74) is 1.02. The van der Waals surface area contributed by atoms with Crippen LogP contribution in [0.5, 0.6) is 0 Å². The lowest BCUT2D eigenvalue weighted by molar-refractivity contribution is 0.190. The Hall–Kier alpha value is -1.26. The lowest BCUT2D eigenvalue weighted by Gasteiger charge is -1.99. The van der Waals surface area contributed by atoms with E-state index in [2.05, 4.69) is 11.8 Å². The minimum Gasteiger partial charge on any atom is -0.359 e. The number of hydrogen-bond acceptors (Lipinski definition) is 1. The van der Waals surface area contributed by atoms with E-state index in [9.17, 15) is 0 Å². The Morgan fingerprint density at radius 3 is 2.62 bits per heavy atom. The molecule has 0 aliphatic heterocycles. The van der Waals surface area contributed by atoms with Crippen molar-refractivity contribution in [2.75, 3.05) is 6.61 Å². The van der Waals surface area contributed by atoms with E-state index in [4.69, 9.17) is 4.74 Å². The second-order valence-corrected chi connectivity index (χ2v) is 2.61. The van der Waals surface area contributed by atoms with Gasteiger partial charge in [-0.05, 0) is 26.0 Å². The molecule has 1 heteroatoms. The molecule has 0 saturated carbocycles. The van der Waals surface area contributed by atoms with Crippen LogP contribution in [0, 0.1) is 17.9 Å². The molecule has 0 spiro atoms. The van der Waals surface area contributed by atoms with E-state index in [1.165, 1.54) is 0 Å². The first-order chi connectivity index (χ1) is 6.33. The van der Waals surface area contributed by atoms with Crippen molar-refractivity contribution >= 4 is 0 Å². The fourth-order valence-electron chi connectivity index (χ4n) is 0.934. The highest BCUT2D eigenvalue weighted by Crippen LogP contribution is 2.00. The fraction of sp³-hybridized carbons (Fsp3) is 0.250. The van der Waals surface area contributed by atoms with Crippen molar-refractivity contribution in [2.45, 2.75) is 13.8 Å². The van der Waals surface area contributed by atoms with Gasteiger partial charge in [-0.25, -0.2) is 0 Å². The molecule has 1 nitrogen and oxygen atoms in total. The lowest BCUT2D eigenvalue weighted by atomic mass is 10.2. The second kappa shape index (κ2) is 5.40. The minimum absolute atomic E-state index is 0.676. The number of benzene rings is 1. The van der Waals surface area contributed by atoms with E-state index in [1.54, 1.807) is 0 Å². The van der Waals surface area contributed by atoms with Crippen LogP contribution in [-0.4, -0.2) is 6.61 Å². The topological polar surface area (TPSA) is 9.23 Å². The molecule has 0 heterocycles. The summed E-state index contributed by atoms with van der Waals surface area (Å²) in [4.78, 5) is 0. The molecule has 1 radical (unpaired) electrons. The second-order valence-electron chi connectivity index (χ2n) is 2.61. The van der Waals surface area contributed by atoms with Gasteiger partial charge >= 0.3 is 0 Å². The first kappa shape index (κ1) is 9.83. The molecular formula is C12H13O. The fourth-order valence-corrected chi connectivity index (χ4v) is 0.934. The van der Waals surface area contributed by atoms with E-state index in [1.807, 2.05) is 44.2 Å². The molecule has 0 aliphatic carbocycles. The molecule has 1 aromatic rings. The predicted octanol–water partition coefficient (Wildman–Crippen LogP) is 2.63. The van der Waals surface area contributed by atoms with Crippen molar-refractivity contribution in [2.24, 2.45) is 0 Å². The zero-order valence-electron chi connectivity index (χ0n) is 8.00. The molecule has 0 aromatic heterocycles. The summed E-state index contributed by atoms with van der Waals surface area (Å²) in [7, 11) is 0. The zero-order valence-corrected chi connectivity index (χ0v) is 8.00. The summed E-state index contributed by atoms with van der Waals surface area (Å²) in [6.07, 6.45) is 0.770. The van der Waals surface area contributed by atoms with Crippen LogP contribution in [0.25, 0.3) is 0 Å². The number of hydrogen-bond donors (Lipinski definition) is 0. The van der Waals surface area contributed by atoms with Gasteiger partial charge in [-0.1, -0.05) is 30.0 Å². The largest absolute Gasteiger partial charge is 0.359 e. The molecule has 1 aromatic carbocycles. The monoisotopic (exact) mass is 173 g/mol. The van der Waals surface area contributed by atoms with Gasteiger partial charge in [0.05, 0.1) is 0 Å². The standard InChI is InChI=1S/C12H13O/c1-3-13-11(2)9-10-12-7-5-4-6-8-12/h4-8H,3H2,1-2H3. The Balaban J connectivity index is 2.57. The first-order valence-electron chi connectivity index (χ1n) is 4.36. The van der Waals surface area contributed by atoms with E-state index in [0.717, 1.165) is 11.7 Å². The van der Waals surface area contributed by atoms with Crippen LogP contribution in [0.2, 0.25) is 0 Å². The molecule has 0 fully saturated rings. The van der Waals surface area contributed by atoms with E-state index < -0.39 is 0 Å². The zero-order chi connectivity index (χ0) is 9.52. The summed E-state index contributed by atoms with van der Waals surface area (Å²) in [6.45, 7) is 4.50. The Kier molecular flexibility index (Phi) is 4.08. The van der Waals surface area contributed by atoms with Crippen LogP contribution >= 0.6 is 0 Å². The normalized spacial score (nSPS) is 9.46. The average molecular weight is 173 g/mol. The maximum absolute atomic E-state index is 5.21. The molecular weight excluding hydrogens is 160 g/mol. The van der Waals surface area contributed by atoms with Crippen molar-refractivity contribution in [3.8, 4) is 11.8 Å². The van der Waals surface area contributed by atoms with Crippen LogP contribution in [-0.2, 0) is 4.74 Å². The quantitative estimate of drug-likeness (QED) is 0.625. The van der Waals surface area contributed by atoms with Gasteiger partial charge in [0, 0.05) is 12.2 Å². The van der Waals surface area contributed by atoms with Gasteiger partial charge in [-0.3, -0.25) is 0 Å². The van der Waals surface area contributed by atoms with Gasteiger partial charge in [0.1, 0.15) is 0 Å². The summed E-state index contributed by atoms with van der Waals surface area (Å²) in [5.74, 6) is 5.96. The van der Waals surface area contributed by atoms with Crippen LogP contribution in [0.1, 0.15) is 19.4 Å².